The largest absolute Gasteiger partial charge is 0.289 e. The molecule has 4 nitrogen and oxygen atoms in total. The van der Waals surface area contributed by atoms with Crippen LogP contribution in [0.2, 0.25) is 0 Å². The van der Waals surface area contributed by atoms with Gasteiger partial charge in [-0.05, 0) is 31.5 Å². The molecule has 2 rings (SSSR count). The van der Waals surface area contributed by atoms with Crippen molar-refractivity contribution in [3.63, 3.8) is 0 Å². The highest BCUT2D eigenvalue weighted by Crippen LogP contribution is 2.06. The van der Waals surface area contributed by atoms with Crippen molar-refractivity contribution in [3.05, 3.63) is 68.9 Å². The average Bonchev–Trinajstić information content (AvgIpc) is 2.40. The first-order chi connectivity index (χ1) is 9.54. The molecule has 0 aliphatic carbocycles. The quantitative estimate of drug-likeness (QED) is 0.786. The highest BCUT2D eigenvalue weighted by Gasteiger charge is 2.09. The van der Waals surface area contributed by atoms with Gasteiger partial charge in [0.05, 0.1) is 6.21 Å². The zero-order chi connectivity index (χ0) is 14.7. The third-order valence-corrected chi connectivity index (χ3v) is 2.89. The van der Waals surface area contributed by atoms with Gasteiger partial charge in [0, 0.05) is 11.3 Å². The fraction of sp³-hybridized carbons (Fsp3) is 0.133. The summed E-state index contributed by atoms with van der Waals surface area (Å²) in [5, 5.41) is 12.9. The molecule has 20 heavy (non-hydrogen) atoms. The van der Waals surface area contributed by atoms with Crippen molar-refractivity contribution in [1.29, 1.82) is 5.26 Å². The van der Waals surface area contributed by atoms with Crippen LogP contribution < -0.4 is 5.56 Å². The zero-order valence-corrected chi connectivity index (χ0v) is 11.1. The molecule has 2 aromatic rings. The number of aryl methyl sites for hydroxylation is 2. The minimum Gasteiger partial charge on any atom is -0.266 e. The predicted molar refractivity (Wildman–Crippen MR) is 74.3 cm³/mol. The van der Waals surface area contributed by atoms with Crippen LogP contribution >= 0.6 is 0 Å². The highest BCUT2D eigenvalue weighted by atomic mass is 19.1. The number of benzene rings is 1. The zero-order valence-electron chi connectivity index (χ0n) is 11.1. The van der Waals surface area contributed by atoms with Gasteiger partial charge in [-0.25, -0.2) is 9.07 Å². The molecule has 0 saturated carbocycles. The minimum absolute atomic E-state index is 0.0429. The first-order valence-electron chi connectivity index (χ1n) is 5.97. The van der Waals surface area contributed by atoms with Gasteiger partial charge in [0.2, 0.25) is 0 Å². The molecule has 5 heteroatoms. The Bertz CT molecular complexity index is 785. The van der Waals surface area contributed by atoms with Crippen LogP contribution in [0.4, 0.5) is 4.39 Å². The van der Waals surface area contributed by atoms with E-state index in [0.29, 0.717) is 11.3 Å². The second kappa shape index (κ2) is 5.49. The Morgan fingerprint density at radius 2 is 2.05 bits per heavy atom. The molecule has 1 aromatic carbocycles. The molecular formula is C15H12FN3O. The molecule has 0 bridgehead atoms. The topological polar surface area (TPSA) is 58.1 Å². The Balaban J connectivity index is 2.53. The van der Waals surface area contributed by atoms with Crippen LogP contribution in [-0.2, 0) is 0 Å². The molecule has 0 radical (unpaired) electrons. The molecule has 0 unspecified atom stereocenters. The van der Waals surface area contributed by atoms with Crippen molar-refractivity contribution in [2.75, 3.05) is 0 Å². The van der Waals surface area contributed by atoms with E-state index in [1.165, 1.54) is 12.3 Å². The molecule has 0 aliphatic heterocycles. The number of hydrogen-bond acceptors (Lipinski definition) is 3. The van der Waals surface area contributed by atoms with E-state index in [2.05, 4.69) is 5.10 Å². The monoisotopic (exact) mass is 269 g/mol. The fourth-order valence-corrected chi connectivity index (χ4v) is 1.86. The summed E-state index contributed by atoms with van der Waals surface area (Å²) < 4.78 is 14.6. The van der Waals surface area contributed by atoms with E-state index in [0.717, 1.165) is 4.68 Å². The maximum atomic E-state index is 13.5. The number of hydrogen-bond donors (Lipinski definition) is 0. The standard InChI is InChI=1S/C15H12FN3O/c1-10-7-11(2)19(15(20)13(10)8-17)18-9-12-5-3-4-6-14(12)16/h3-7,9H,1-2H3/b18-9-. The highest BCUT2D eigenvalue weighted by molar-refractivity contribution is 5.79. The van der Waals surface area contributed by atoms with Crippen LogP contribution in [-0.4, -0.2) is 10.9 Å². The lowest BCUT2D eigenvalue weighted by atomic mass is 10.1. The summed E-state index contributed by atoms with van der Waals surface area (Å²) in [6, 6.07) is 9.67. The van der Waals surface area contributed by atoms with Crippen molar-refractivity contribution < 1.29 is 4.39 Å². The van der Waals surface area contributed by atoms with E-state index in [9.17, 15) is 9.18 Å². The molecule has 0 spiro atoms. The normalized spacial score (nSPS) is 10.7. The number of halogens is 1. The second-order valence-electron chi connectivity index (χ2n) is 4.34. The molecule has 0 aliphatic rings. The van der Waals surface area contributed by atoms with Crippen LogP contribution in [0, 0.1) is 31.0 Å². The molecule has 0 fully saturated rings. The summed E-state index contributed by atoms with van der Waals surface area (Å²) in [6.07, 6.45) is 1.26. The Kier molecular flexibility index (Phi) is 3.76. The van der Waals surface area contributed by atoms with Crippen LogP contribution in [0.25, 0.3) is 0 Å². The van der Waals surface area contributed by atoms with Gasteiger partial charge in [-0.15, -0.1) is 0 Å². The van der Waals surface area contributed by atoms with Gasteiger partial charge in [-0.3, -0.25) is 4.79 Å². The van der Waals surface area contributed by atoms with Gasteiger partial charge in [0.15, 0.2) is 0 Å². The van der Waals surface area contributed by atoms with E-state index >= 15 is 0 Å². The van der Waals surface area contributed by atoms with E-state index < -0.39 is 11.4 Å². The predicted octanol–water partition coefficient (Wildman–Crippen LogP) is 2.36. The van der Waals surface area contributed by atoms with Crippen LogP contribution in [0.1, 0.15) is 22.4 Å². The van der Waals surface area contributed by atoms with E-state index in [1.807, 2.05) is 6.07 Å². The molecule has 100 valence electrons. The van der Waals surface area contributed by atoms with Crippen LogP contribution in [0.5, 0.6) is 0 Å². The van der Waals surface area contributed by atoms with E-state index in [4.69, 9.17) is 5.26 Å². The second-order valence-corrected chi connectivity index (χ2v) is 4.34. The van der Waals surface area contributed by atoms with Crippen molar-refractivity contribution in [3.8, 4) is 6.07 Å². The van der Waals surface area contributed by atoms with E-state index in [-0.39, 0.29) is 11.1 Å². The fourth-order valence-electron chi connectivity index (χ4n) is 1.86. The lowest BCUT2D eigenvalue weighted by molar-refractivity contribution is 0.625. The van der Waals surface area contributed by atoms with Crippen molar-refractivity contribution >= 4 is 6.21 Å². The molecular weight excluding hydrogens is 257 g/mol. The Hall–Kier alpha value is -2.74. The third kappa shape index (κ3) is 2.50. The van der Waals surface area contributed by atoms with Crippen LogP contribution in [0.3, 0.4) is 0 Å². The SMILES string of the molecule is Cc1cc(C)n(/N=C\c2ccccc2F)c(=O)c1C#N. The van der Waals surface area contributed by atoms with Gasteiger partial charge in [0.1, 0.15) is 17.4 Å². The average molecular weight is 269 g/mol. The van der Waals surface area contributed by atoms with Crippen molar-refractivity contribution in [2.24, 2.45) is 5.10 Å². The lowest BCUT2D eigenvalue weighted by Crippen LogP contribution is -2.22. The summed E-state index contributed by atoms with van der Waals surface area (Å²) in [6.45, 7) is 3.39. The Labute approximate surface area is 115 Å². The van der Waals surface area contributed by atoms with Gasteiger partial charge in [-0.1, -0.05) is 18.2 Å². The molecule has 0 atom stereocenters. The van der Waals surface area contributed by atoms with Crippen molar-refractivity contribution in [2.45, 2.75) is 13.8 Å². The molecule has 0 N–H and O–H groups in total. The summed E-state index contributed by atoms with van der Waals surface area (Å²) in [5.74, 6) is -0.422. The number of aromatic nitrogens is 1. The minimum atomic E-state index is -0.502. The first-order valence-corrected chi connectivity index (χ1v) is 5.97. The number of rotatable bonds is 2. The summed E-state index contributed by atoms with van der Waals surface area (Å²) >= 11 is 0. The summed E-state index contributed by atoms with van der Waals surface area (Å²) in [5.41, 5.74) is 1.00. The molecule has 0 amide bonds. The maximum absolute atomic E-state index is 13.5. The molecule has 1 aromatic heterocycles. The van der Waals surface area contributed by atoms with E-state index in [1.54, 1.807) is 38.1 Å². The third-order valence-electron chi connectivity index (χ3n) is 2.89. The van der Waals surface area contributed by atoms with Crippen molar-refractivity contribution in [1.82, 2.24) is 4.68 Å². The Morgan fingerprint density at radius 1 is 1.35 bits per heavy atom. The smallest absolute Gasteiger partial charge is 0.266 e. The maximum Gasteiger partial charge on any atom is 0.289 e. The summed E-state index contributed by atoms with van der Waals surface area (Å²) in [7, 11) is 0. The number of nitriles is 1. The van der Waals surface area contributed by atoms with Gasteiger partial charge >= 0.3 is 0 Å². The Morgan fingerprint density at radius 3 is 2.70 bits per heavy atom. The first kappa shape index (κ1) is 13.7. The van der Waals surface area contributed by atoms with Crippen LogP contribution in [0.15, 0.2) is 40.2 Å². The lowest BCUT2D eigenvalue weighted by Gasteiger charge is -2.06. The number of pyridine rings is 1. The van der Waals surface area contributed by atoms with Gasteiger partial charge in [0.25, 0.3) is 5.56 Å². The van der Waals surface area contributed by atoms with Gasteiger partial charge in [-0.2, -0.15) is 10.4 Å². The number of nitrogens with zero attached hydrogens (tertiary/aromatic N) is 3. The van der Waals surface area contributed by atoms with Gasteiger partial charge < -0.3 is 0 Å². The molecule has 0 saturated heterocycles. The molecule has 1 heterocycles. The summed E-state index contributed by atoms with van der Waals surface area (Å²) in [4.78, 5) is 12.1.